The van der Waals surface area contributed by atoms with E-state index < -0.39 is 5.97 Å². The Morgan fingerprint density at radius 2 is 2.11 bits per heavy atom. The number of ether oxygens (including phenoxy) is 1. The van der Waals surface area contributed by atoms with E-state index in [1.165, 1.54) is 0 Å². The molecule has 1 fully saturated rings. The van der Waals surface area contributed by atoms with E-state index in [0.717, 1.165) is 32.8 Å². The Morgan fingerprint density at radius 1 is 1.33 bits per heavy atom. The highest BCUT2D eigenvalue weighted by Crippen LogP contribution is 2.04. The molecule has 1 aromatic heterocycles. The van der Waals surface area contributed by atoms with Crippen LogP contribution in [0, 0.1) is 0 Å². The first-order chi connectivity index (χ1) is 8.74. The number of carboxylic acid groups (broad SMARTS) is 1. The van der Waals surface area contributed by atoms with Gasteiger partial charge in [0.25, 0.3) is 0 Å². The molecule has 0 bridgehead atoms. The van der Waals surface area contributed by atoms with Crippen LogP contribution in [0.15, 0.2) is 4.52 Å². The fourth-order valence-electron chi connectivity index (χ4n) is 1.79. The SMILES string of the molecule is O=C(O)CCc1noc(CCN2CCOCC2)n1. The zero-order valence-corrected chi connectivity index (χ0v) is 10.2. The first kappa shape index (κ1) is 13.0. The number of carbonyl (C=O) groups is 1. The van der Waals surface area contributed by atoms with Crippen molar-refractivity contribution in [3.63, 3.8) is 0 Å². The Hall–Kier alpha value is -1.47. The molecule has 0 aliphatic carbocycles. The molecule has 0 amide bonds. The van der Waals surface area contributed by atoms with Crippen molar-refractivity contribution >= 4 is 5.97 Å². The third-order valence-corrected chi connectivity index (χ3v) is 2.82. The number of aromatic nitrogens is 2. The fraction of sp³-hybridized carbons (Fsp3) is 0.727. The summed E-state index contributed by atoms with van der Waals surface area (Å²) in [5.41, 5.74) is 0. The van der Waals surface area contributed by atoms with Gasteiger partial charge in [0.2, 0.25) is 5.89 Å². The lowest BCUT2D eigenvalue weighted by atomic mass is 10.3. The number of carboxylic acids is 1. The highest BCUT2D eigenvalue weighted by atomic mass is 16.5. The molecule has 0 saturated carbocycles. The summed E-state index contributed by atoms with van der Waals surface area (Å²) in [5.74, 6) is 0.186. The van der Waals surface area contributed by atoms with Gasteiger partial charge in [-0.25, -0.2) is 0 Å². The maximum absolute atomic E-state index is 10.4. The fourth-order valence-corrected chi connectivity index (χ4v) is 1.79. The first-order valence-corrected chi connectivity index (χ1v) is 6.07. The monoisotopic (exact) mass is 255 g/mol. The lowest BCUT2D eigenvalue weighted by molar-refractivity contribution is -0.137. The van der Waals surface area contributed by atoms with Crippen LogP contribution in [0.4, 0.5) is 0 Å². The van der Waals surface area contributed by atoms with Crippen LogP contribution in [0.1, 0.15) is 18.1 Å². The number of aliphatic carboxylic acids is 1. The molecule has 18 heavy (non-hydrogen) atoms. The molecule has 1 aliphatic rings. The van der Waals surface area contributed by atoms with Crippen molar-refractivity contribution in [3.8, 4) is 0 Å². The number of aryl methyl sites for hydroxylation is 1. The van der Waals surface area contributed by atoms with Crippen LogP contribution in [-0.2, 0) is 22.4 Å². The minimum atomic E-state index is -0.852. The van der Waals surface area contributed by atoms with Gasteiger partial charge in [0.1, 0.15) is 0 Å². The Kier molecular flexibility index (Phi) is 4.66. The smallest absolute Gasteiger partial charge is 0.303 e. The van der Waals surface area contributed by atoms with E-state index in [9.17, 15) is 4.79 Å². The third-order valence-electron chi connectivity index (χ3n) is 2.82. The van der Waals surface area contributed by atoms with Gasteiger partial charge in [0.15, 0.2) is 5.82 Å². The summed E-state index contributed by atoms with van der Waals surface area (Å²) in [6.07, 6.45) is 1.04. The summed E-state index contributed by atoms with van der Waals surface area (Å²) < 4.78 is 10.3. The number of rotatable bonds is 6. The molecule has 0 radical (unpaired) electrons. The zero-order chi connectivity index (χ0) is 12.8. The Morgan fingerprint density at radius 3 is 2.83 bits per heavy atom. The van der Waals surface area contributed by atoms with Gasteiger partial charge < -0.3 is 14.4 Å². The summed E-state index contributed by atoms with van der Waals surface area (Å²) in [4.78, 5) is 16.9. The standard InChI is InChI=1S/C11H17N3O4/c15-11(16)2-1-9-12-10(18-13-9)3-4-14-5-7-17-8-6-14/h1-8H2,(H,15,16). The average molecular weight is 255 g/mol. The molecular formula is C11H17N3O4. The summed E-state index contributed by atoms with van der Waals surface area (Å²) in [7, 11) is 0. The van der Waals surface area contributed by atoms with Gasteiger partial charge in [-0.1, -0.05) is 5.16 Å². The maximum atomic E-state index is 10.4. The van der Waals surface area contributed by atoms with E-state index in [0.29, 0.717) is 24.6 Å². The van der Waals surface area contributed by atoms with Crippen LogP contribution in [0.5, 0.6) is 0 Å². The molecule has 1 aromatic rings. The molecule has 7 nitrogen and oxygen atoms in total. The molecule has 1 aliphatic heterocycles. The van der Waals surface area contributed by atoms with Crippen molar-refractivity contribution in [2.45, 2.75) is 19.3 Å². The van der Waals surface area contributed by atoms with E-state index in [1.54, 1.807) is 0 Å². The molecule has 7 heteroatoms. The molecule has 0 spiro atoms. The van der Waals surface area contributed by atoms with Crippen LogP contribution in [-0.4, -0.2) is 59.0 Å². The van der Waals surface area contributed by atoms with E-state index in [2.05, 4.69) is 15.0 Å². The molecule has 2 rings (SSSR count). The van der Waals surface area contributed by atoms with Gasteiger partial charge in [-0.3, -0.25) is 9.69 Å². The van der Waals surface area contributed by atoms with Crippen molar-refractivity contribution in [3.05, 3.63) is 11.7 Å². The quantitative estimate of drug-likeness (QED) is 0.763. The highest BCUT2D eigenvalue weighted by molar-refractivity contribution is 5.66. The topological polar surface area (TPSA) is 88.7 Å². The van der Waals surface area contributed by atoms with Crippen molar-refractivity contribution in [2.75, 3.05) is 32.8 Å². The second-order valence-corrected chi connectivity index (χ2v) is 4.20. The summed E-state index contributed by atoms with van der Waals surface area (Å²) in [6, 6.07) is 0. The summed E-state index contributed by atoms with van der Waals surface area (Å²) in [6.45, 7) is 4.27. The van der Waals surface area contributed by atoms with Crippen LogP contribution >= 0.6 is 0 Å². The van der Waals surface area contributed by atoms with Crippen LogP contribution in [0.2, 0.25) is 0 Å². The highest BCUT2D eigenvalue weighted by Gasteiger charge is 2.13. The van der Waals surface area contributed by atoms with Gasteiger partial charge in [0.05, 0.1) is 19.6 Å². The van der Waals surface area contributed by atoms with Crippen molar-refractivity contribution in [1.82, 2.24) is 15.0 Å². The normalized spacial score (nSPS) is 16.9. The largest absolute Gasteiger partial charge is 0.481 e. The molecular weight excluding hydrogens is 238 g/mol. The molecule has 0 unspecified atom stereocenters. The maximum Gasteiger partial charge on any atom is 0.303 e. The van der Waals surface area contributed by atoms with Crippen LogP contribution in [0.3, 0.4) is 0 Å². The molecule has 0 atom stereocenters. The summed E-state index contributed by atoms with van der Waals surface area (Å²) >= 11 is 0. The molecule has 0 aromatic carbocycles. The third kappa shape index (κ3) is 4.08. The Bertz CT molecular complexity index is 387. The lowest BCUT2D eigenvalue weighted by Gasteiger charge is -2.25. The predicted molar refractivity (Wildman–Crippen MR) is 61.2 cm³/mol. The molecule has 2 heterocycles. The lowest BCUT2D eigenvalue weighted by Crippen LogP contribution is -2.37. The first-order valence-electron chi connectivity index (χ1n) is 6.07. The minimum Gasteiger partial charge on any atom is -0.481 e. The Balaban J connectivity index is 1.73. The van der Waals surface area contributed by atoms with Gasteiger partial charge in [-0.05, 0) is 0 Å². The Labute approximate surface area is 105 Å². The van der Waals surface area contributed by atoms with Gasteiger partial charge in [-0.2, -0.15) is 4.98 Å². The second-order valence-electron chi connectivity index (χ2n) is 4.20. The van der Waals surface area contributed by atoms with Crippen molar-refractivity contribution in [2.24, 2.45) is 0 Å². The number of morpholine rings is 1. The minimum absolute atomic E-state index is 0.0302. The van der Waals surface area contributed by atoms with Crippen molar-refractivity contribution < 1.29 is 19.2 Å². The average Bonchev–Trinajstić information content (AvgIpc) is 2.83. The van der Waals surface area contributed by atoms with E-state index in [-0.39, 0.29) is 6.42 Å². The van der Waals surface area contributed by atoms with Crippen molar-refractivity contribution in [1.29, 1.82) is 0 Å². The van der Waals surface area contributed by atoms with E-state index in [1.807, 2.05) is 0 Å². The van der Waals surface area contributed by atoms with E-state index >= 15 is 0 Å². The molecule has 1 saturated heterocycles. The van der Waals surface area contributed by atoms with Crippen LogP contribution in [0.25, 0.3) is 0 Å². The van der Waals surface area contributed by atoms with Gasteiger partial charge in [0, 0.05) is 32.5 Å². The summed E-state index contributed by atoms with van der Waals surface area (Å²) in [5, 5.41) is 12.3. The second kappa shape index (κ2) is 6.46. The molecule has 100 valence electrons. The zero-order valence-electron chi connectivity index (χ0n) is 10.2. The van der Waals surface area contributed by atoms with Gasteiger partial charge in [-0.15, -0.1) is 0 Å². The molecule has 1 N–H and O–H groups in total. The van der Waals surface area contributed by atoms with E-state index in [4.69, 9.17) is 14.4 Å². The van der Waals surface area contributed by atoms with Crippen LogP contribution < -0.4 is 0 Å². The van der Waals surface area contributed by atoms with Gasteiger partial charge >= 0.3 is 5.97 Å². The predicted octanol–water partition coefficient (Wildman–Crippen LogP) is -0.0385. The number of hydrogen-bond donors (Lipinski definition) is 1. The number of nitrogens with zero attached hydrogens (tertiary/aromatic N) is 3. The number of hydrogen-bond acceptors (Lipinski definition) is 6.